The Labute approximate surface area is 255 Å². The SMILES string of the molecule is CN1/C(=C/C=C/C=C/C2N(CCCCCC(=O)ON3C(=O)CCC3=O)c3ccccc3C2(C)C)C(C)(C)c2ccccc21. The molecule has 3 heterocycles. The van der Waals surface area contributed by atoms with Gasteiger partial charge in [0.05, 0.1) is 6.04 Å². The lowest BCUT2D eigenvalue weighted by Gasteiger charge is -2.32. The quantitative estimate of drug-likeness (QED) is 0.176. The fraction of sp³-hybridized carbons (Fsp3) is 0.417. The Balaban J connectivity index is 1.20. The number of allylic oxidation sites excluding steroid dienone is 5. The summed E-state index contributed by atoms with van der Waals surface area (Å²) in [6.07, 6.45) is 13.7. The van der Waals surface area contributed by atoms with Crippen LogP contribution in [0.1, 0.15) is 77.3 Å². The molecule has 0 aliphatic carbocycles. The van der Waals surface area contributed by atoms with Gasteiger partial charge in [0.15, 0.2) is 0 Å². The smallest absolute Gasteiger partial charge is 0.333 e. The van der Waals surface area contributed by atoms with E-state index in [1.807, 2.05) is 0 Å². The molecule has 0 N–H and O–H groups in total. The van der Waals surface area contributed by atoms with Crippen molar-refractivity contribution in [2.24, 2.45) is 0 Å². The molecule has 0 spiro atoms. The molecular formula is C36H43N3O4. The number of hydrogen-bond acceptors (Lipinski definition) is 6. The largest absolute Gasteiger partial charge is 0.364 e. The molecule has 0 bridgehead atoms. The molecule has 5 rings (SSSR count). The summed E-state index contributed by atoms with van der Waals surface area (Å²) in [6, 6.07) is 17.4. The Bertz CT molecular complexity index is 1470. The molecule has 7 nitrogen and oxygen atoms in total. The monoisotopic (exact) mass is 581 g/mol. The number of imide groups is 1. The summed E-state index contributed by atoms with van der Waals surface area (Å²) in [7, 11) is 2.14. The molecule has 0 saturated carbocycles. The molecule has 1 saturated heterocycles. The molecule has 2 aromatic carbocycles. The Hall–Kier alpha value is -4.13. The number of hydroxylamine groups is 2. The second-order valence-electron chi connectivity index (χ2n) is 12.8. The maximum atomic E-state index is 12.2. The van der Waals surface area contributed by atoms with Gasteiger partial charge in [0.25, 0.3) is 11.8 Å². The maximum absolute atomic E-state index is 12.2. The number of likely N-dealkylation sites (N-methyl/N-ethyl adjacent to an activating group) is 1. The van der Waals surface area contributed by atoms with Crippen LogP contribution >= 0.6 is 0 Å². The number of carbonyl (C=O) groups is 3. The van der Waals surface area contributed by atoms with Crippen LogP contribution in [0.2, 0.25) is 0 Å². The van der Waals surface area contributed by atoms with Gasteiger partial charge in [-0.25, -0.2) is 4.79 Å². The third-order valence-corrected chi connectivity index (χ3v) is 9.17. The highest BCUT2D eigenvalue weighted by Gasteiger charge is 2.42. The standard InChI is InChI=1S/C36H43N3O4/c1-35(2)26-16-11-13-18-28(26)37(5)30(35)20-8-6-9-21-31-36(3,4)27-17-12-14-19-29(27)38(31)25-15-7-10-22-34(42)43-39-32(40)23-24-33(39)41/h6,8-9,11-14,16-21,31H,7,10,15,22-25H2,1-5H3/b8-6+,21-9+,30-20+. The minimum absolute atomic E-state index is 0.0505. The molecule has 7 heteroatoms. The van der Waals surface area contributed by atoms with E-state index in [1.54, 1.807) is 0 Å². The van der Waals surface area contributed by atoms with E-state index in [0.29, 0.717) is 11.5 Å². The third kappa shape index (κ3) is 5.90. The second-order valence-corrected chi connectivity index (χ2v) is 12.8. The fourth-order valence-corrected chi connectivity index (χ4v) is 6.79. The van der Waals surface area contributed by atoms with E-state index in [1.165, 1.54) is 28.2 Å². The Morgan fingerprint density at radius 1 is 0.860 bits per heavy atom. The van der Waals surface area contributed by atoms with E-state index in [4.69, 9.17) is 4.84 Å². The van der Waals surface area contributed by atoms with Gasteiger partial charge in [-0.05, 0) is 42.2 Å². The van der Waals surface area contributed by atoms with Crippen molar-refractivity contribution in [2.45, 2.75) is 83.1 Å². The summed E-state index contributed by atoms with van der Waals surface area (Å²) in [6.45, 7) is 10.0. The normalized spacial score (nSPS) is 21.5. The molecule has 43 heavy (non-hydrogen) atoms. The van der Waals surface area contributed by atoms with Gasteiger partial charge in [-0.2, -0.15) is 0 Å². The van der Waals surface area contributed by atoms with Gasteiger partial charge in [0.1, 0.15) is 0 Å². The second kappa shape index (κ2) is 12.2. The van der Waals surface area contributed by atoms with E-state index in [0.717, 1.165) is 19.4 Å². The number of hydrogen-bond donors (Lipinski definition) is 0. The molecule has 1 unspecified atom stereocenters. The summed E-state index contributed by atoms with van der Waals surface area (Å²) < 4.78 is 0. The van der Waals surface area contributed by atoms with Gasteiger partial charge in [-0.1, -0.05) is 94.8 Å². The molecular weight excluding hydrogens is 538 g/mol. The highest BCUT2D eigenvalue weighted by atomic mass is 16.7. The van der Waals surface area contributed by atoms with Crippen molar-refractivity contribution >= 4 is 29.2 Å². The van der Waals surface area contributed by atoms with Crippen LogP contribution in [0, 0.1) is 0 Å². The van der Waals surface area contributed by atoms with E-state index < -0.39 is 17.8 Å². The molecule has 226 valence electrons. The van der Waals surface area contributed by atoms with Crippen molar-refractivity contribution in [1.29, 1.82) is 0 Å². The first-order valence-electron chi connectivity index (χ1n) is 15.3. The zero-order valence-corrected chi connectivity index (χ0v) is 26.0. The number of carbonyl (C=O) groups excluding carboxylic acids is 3. The predicted octanol–water partition coefficient (Wildman–Crippen LogP) is 6.74. The van der Waals surface area contributed by atoms with Crippen LogP contribution in [0.5, 0.6) is 0 Å². The van der Waals surface area contributed by atoms with E-state index in [2.05, 4.69) is 123 Å². The lowest BCUT2D eigenvalue weighted by Crippen LogP contribution is -2.40. The van der Waals surface area contributed by atoms with Crippen molar-refractivity contribution < 1.29 is 19.2 Å². The van der Waals surface area contributed by atoms with Gasteiger partial charge in [0.2, 0.25) is 0 Å². The third-order valence-electron chi connectivity index (χ3n) is 9.17. The number of fused-ring (bicyclic) bond motifs is 2. The zero-order chi connectivity index (χ0) is 30.8. The fourth-order valence-electron chi connectivity index (χ4n) is 6.79. The molecule has 3 aliphatic rings. The first kappa shape index (κ1) is 30.3. The molecule has 0 aromatic heterocycles. The number of anilines is 2. The average molecular weight is 582 g/mol. The number of unbranched alkanes of at least 4 members (excludes halogenated alkanes) is 2. The van der Waals surface area contributed by atoms with E-state index in [-0.39, 0.29) is 36.1 Å². The first-order chi connectivity index (χ1) is 20.5. The molecule has 1 fully saturated rings. The van der Waals surface area contributed by atoms with Crippen LogP contribution in [0.15, 0.2) is 84.6 Å². The minimum atomic E-state index is -0.533. The topological polar surface area (TPSA) is 70.2 Å². The van der Waals surface area contributed by atoms with Gasteiger partial charge in [-0.15, -0.1) is 5.06 Å². The maximum Gasteiger partial charge on any atom is 0.333 e. The number of nitrogens with zero attached hydrogens (tertiary/aromatic N) is 3. The average Bonchev–Trinajstić information content (AvgIpc) is 3.48. The Morgan fingerprint density at radius 3 is 2.21 bits per heavy atom. The van der Waals surface area contributed by atoms with Crippen molar-refractivity contribution in [1.82, 2.24) is 5.06 Å². The van der Waals surface area contributed by atoms with Gasteiger partial charge in [-0.3, -0.25) is 9.59 Å². The highest BCUT2D eigenvalue weighted by molar-refractivity contribution is 6.01. The van der Waals surface area contributed by atoms with Crippen LogP contribution < -0.4 is 9.80 Å². The van der Waals surface area contributed by atoms with Crippen LogP contribution in [0.25, 0.3) is 0 Å². The van der Waals surface area contributed by atoms with Crippen molar-refractivity contribution in [2.75, 3.05) is 23.4 Å². The minimum Gasteiger partial charge on any atom is -0.364 e. The van der Waals surface area contributed by atoms with Crippen LogP contribution in [0.3, 0.4) is 0 Å². The Kier molecular flexibility index (Phi) is 8.63. The predicted molar refractivity (Wildman–Crippen MR) is 170 cm³/mol. The van der Waals surface area contributed by atoms with Crippen molar-refractivity contribution in [3.63, 3.8) is 0 Å². The lowest BCUT2D eigenvalue weighted by molar-refractivity contribution is -0.197. The van der Waals surface area contributed by atoms with Gasteiger partial charge >= 0.3 is 5.97 Å². The first-order valence-corrected chi connectivity index (χ1v) is 15.3. The van der Waals surface area contributed by atoms with Gasteiger partial charge in [0, 0.05) is 60.8 Å². The van der Waals surface area contributed by atoms with Gasteiger partial charge < -0.3 is 14.6 Å². The number of para-hydroxylation sites is 2. The number of amides is 2. The van der Waals surface area contributed by atoms with E-state index in [9.17, 15) is 14.4 Å². The molecule has 2 aromatic rings. The molecule has 1 atom stereocenters. The molecule has 2 amide bonds. The van der Waals surface area contributed by atoms with Crippen LogP contribution in [-0.4, -0.2) is 42.5 Å². The lowest BCUT2D eigenvalue weighted by atomic mass is 9.80. The summed E-state index contributed by atoms with van der Waals surface area (Å²) in [5.74, 6) is -1.42. The van der Waals surface area contributed by atoms with Crippen LogP contribution in [-0.2, 0) is 30.1 Å². The van der Waals surface area contributed by atoms with Crippen LogP contribution in [0.4, 0.5) is 11.4 Å². The summed E-state index contributed by atoms with van der Waals surface area (Å²) in [5.41, 5.74) is 6.37. The summed E-state index contributed by atoms with van der Waals surface area (Å²) in [4.78, 5) is 45.3. The van der Waals surface area contributed by atoms with E-state index >= 15 is 0 Å². The Morgan fingerprint density at radius 2 is 1.51 bits per heavy atom. The summed E-state index contributed by atoms with van der Waals surface area (Å²) >= 11 is 0. The van der Waals surface area contributed by atoms with Crippen molar-refractivity contribution in [3.8, 4) is 0 Å². The molecule has 0 radical (unpaired) electrons. The van der Waals surface area contributed by atoms with Crippen molar-refractivity contribution in [3.05, 3.63) is 95.7 Å². The number of benzene rings is 2. The molecule has 3 aliphatic heterocycles. The zero-order valence-electron chi connectivity index (χ0n) is 26.0. The number of rotatable bonds is 10. The highest BCUT2D eigenvalue weighted by Crippen LogP contribution is 2.47. The summed E-state index contributed by atoms with van der Waals surface area (Å²) in [5, 5.41) is 0.624.